The van der Waals surface area contributed by atoms with Crippen LogP contribution >= 0.6 is 0 Å². The fraction of sp³-hybridized carbons (Fsp3) is 0.750. The van der Waals surface area contributed by atoms with Gasteiger partial charge in [-0.05, 0) is 74.2 Å². The molecule has 4 bridgehead atoms. The van der Waals surface area contributed by atoms with Gasteiger partial charge < -0.3 is 5.84 Å². The molecular formula is C16H24N4. The zero-order valence-electron chi connectivity index (χ0n) is 12.2. The van der Waals surface area contributed by atoms with E-state index in [-0.39, 0.29) is 0 Å². The van der Waals surface area contributed by atoms with Crippen LogP contribution in [0.4, 0.5) is 0 Å². The average molecular weight is 272 g/mol. The molecule has 0 spiro atoms. The van der Waals surface area contributed by atoms with Crippen LogP contribution < -0.4 is 11.3 Å². The quantitative estimate of drug-likeness (QED) is 0.569. The first-order valence-corrected chi connectivity index (χ1v) is 7.95. The Morgan fingerprint density at radius 1 is 1.20 bits per heavy atom. The molecule has 1 aliphatic heterocycles. The topological polar surface area (TPSA) is 62.8 Å². The van der Waals surface area contributed by atoms with Crippen molar-refractivity contribution in [1.82, 2.24) is 5.43 Å². The number of nitrogens with zero attached hydrogens (tertiary/aromatic N) is 2. The van der Waals surface area contributed by atoms with Crippen LogP contribution in [0.25, 0.3) is 0 Å². The highest BCUT2D eigenvalue weighted by Crippen LogP contribution is 2.60. The summed E-state index contributed by atoms with van der Waals surface area (Å²) in [5.74, 6) is 9.14. The molecule has 5 rings (SSSR count). The Morgan fingerprint density at radius 2 is 1.80 bits per heavy atom. The third kappa shape index (κ3) is 1.97. The fourth-order valence-electron chi connectivity index (χ4n) is 5.52. The molecule has 0 atom stereocenters. The Kier molecular flexibility index (Phi) is 2.69. The second-order valence-corrected chi connectivity index (χ2v) is 7.51. The van der Waals surface area contributed by atoms with Gasteiger partial charge in [0.05, 0.1) is 5.71 Å². The van der Waals surface area contributed by atoms with E-state index in [1.165, 1.54) is 44.1 Å². The number of nitrogens with two attached hydrogens (primary N) is 1. The van der Waals surface area contributed by atoms with Crippen molar-refractivity contribution in [3.8, 4) is 0 Å². The van der Waals surface area contributed by atoms with Gasteiger partial charge in [0, 0.05) is 6.42 Å². The van der Waals surface area contributed by atoms with Crippen LogP contribution in [0.1, 0.15) is 51.9 Å². The molecule has 0 saturated heterocycles. The molecule has 0 aromatic rings. The first-order chi connectivity index (χ1) is 9.66. The number of hydrogen-bond donors (Lipinski definition) is 2. The van der Waals surface area contributed by atoms with E-state index in [4.69, 9.17) is 5.84 Å². The Morgan fingerprint density at radius 3 is 2.35 bits per heavy atom. The molecule has 0 unspecified atom stereocenters. The van der Waals surface area contributed by atoms with Gasteiger partial charge in [0.1, 0.15) is 5.84 Å². The van der Waals surface area contributed by atoms with E-state index in [2.05, 4.69) is 28.6 Å². The Bertz CT molecular complexity index is 479. The minimum absolute atomic E-state index is 0.456. The van der Waals surface area contributed by atoms with Crippen LogP contribution in [0.5, 0.6) is 0 Å². The molecule has 0 amide bonds. The van der Waals surface area contributed by atoms with Gasteiger partial charge in [0.15, 0.2) is 0 Å². The van der Waals surface area contributed by atoms with E-state index in [0.717, 1.165) is 35.7 Å². The lowest BCUT2D eigenvalue weighted by Crippen LogP contribution is -2.45. The number of rotatable bonds is 1. The van der Waals surface area contributed by atoms with Crippen LogP contribution in [-0.2, 0) is 0 Å². The number of nitrogens with one attached hydrogen (secondary N) is 1. The number of allylic oxidation sites excluding steroid dienone is 1. The van der Waals surface area contributed by atoms with Gasteiger partial charge in [-0.3, -0.25) is 5.43 Å². The van der Waals surface area contributed by atoms with Crippen molar-refractivity contribution in [1.29, 1.82) is 0 Å². The highest BCUT2D eigenvalue weighted by molar-refractivity contribution is 6.06. The molecule has 4 saturated carbocycles. The maximum Gasteiger partial charge on any atom is 0.146 e. The maximum absolute atomic E-state index is 5.40. The third-order valence-electron chi connectivity index (χ3n) is 5.90. The van der Waals surface area contributed by atoms with Gasteiger partial charge in [-0.1, -0.05) is 6.08 Å². The van der Waals surface area contributed by atoms with Gasteiger partial charge in [-0.25, -0.2) is 0 Å². The van der Waals surface area contributed by atoms with Crippen molar-refractivity contribution < 1.29 is 0 Å². The normalized spacial score (nSPS) is 46.6. The fourth-order valence-corrected chi connectivity index (χ4v) is 5.52. The molecule has 0 aromatic heterocycles. The predicted molar refractivity (Wildman–Crippen MR) is 81.2 cm³/mol. The summed E-state index contributed by atoms with van der Waals surface area (Å²) in [6.07, 6.45) is 12.1. The van der Waals surface area contributed by atoms with E-state index in [1.807, 2.05) is 0 Å². The summed E-state index contributed by atoms with van der Waals surface area (Å²) in [4.78, 5) is 0. The SMILES string of the molecule is CC1=NN/C(=N\N)C/C1=C\C12CC3CC(CC(C3)C1)C2. The van der Waals surface area contributed by atoms with Gasteiger partial charge in [-0.2, -0.15) is 10.2 Å². The average Bonchev–Trinajstić information content (AvgIpc) is 2.39. The molecule has 4 heteroatoms. The van der Waals surface area contributed by atoms with Crippen LogP contribution in [0.15, 0.2) is 21.9 Å². The summed E-state index contributed by atoms with van der Waals surface area (Å²) in [5, 5.41) is 8.13. The number of hydrazone groups is 2. The standard InChI is InChI=1S/C16H24N4/c1-10-14(5-15(18-17)20-19-10)9-16-6-11-2-12(7-16)4-13(3-11)8-16/h9,11-13H,2-8,17H2,1H3,(H,18,20)/b14-9+. The first kappa shape index (κ1) is 12.4. The molecule has 4 aliphatic carbocycles. The van der Waals surface area contributed by atoms with E-state index in [1.54, 1.807) is 0 Å². The van der Waals surface area contributed by atoms with Crippen LogP contribution in [0.3, 0.4) is 0 Å². The zero-order valence-corrected chi connectivity index (χ0v) is 12.2. The van der Waals surface area contributed by atoms with Crippen LogP contribution in [0.2, 0.25) is 0 Å². The van der Waals surface area contributed by atoms with E-state index in [9.17, 15) is 0 Å². The van der Waals surface area contributed by atoms with Crippen molar-refractivity contribution in [2.45, 2.75) is 51.9 Å². The van der Waals surface area contributed by atoms with Crippen molar-refractivity contribution in [2.24, 2.45) is 39.2 Å². The van der Waals surface area contributed by atoms with Crippen molar-refractivity contribution in [2.75, 3.05) is 0 Å². The van der Waals surface area contributed by atoms with Gasteiger partial charge >= 0.3 is 0 Å². The lowest BCUT2D eigenvalue weighted by Gasteiger charge is -2.56. The Labute approximate surface area is 120 Å². The molecule has 3 N–H and O–H groups in total. The summed E-state index contributed by atoms with van der Waals surface area (Å²) in [5.41, 5.74) is 5.83. The van der Waals surface area contributed by atoms with Crippen LogP contribution in [0, 0.1) is 23.2 Å². The summed E-state index contributed by atoms with van der Waals surface area (Å²) in [7, 11) is 0. The van der Waals surface area contributed by atoms with Gasteiger partial charge in [0.2, 0.25) is 0 Å². The highest BCUT2D eigenvalue weighted by atomic mass is 15.4. The van der Waals surface area contributed by atoms with Crippen LogP contribution in [-0.4, -0.2) is 11.5 Å². The Balaban J connectivity index is 1.66. The zero-order chi connectivity index (χ0) is 13.7. The third-order valence-corrected chi connectivity index (χ3v) is 5.90. The summed E-state index contributed by atoms with van der Waals surface area (Å²) >= 11 is 0. The smallest absolute Gasteiger partial charge is 0.146 e. The second kappa shape index (κ2) is 4.34. The molecule has 108 valence electrons. The molecule has 5 aliphatic rings. The first-order valence-electron chi connectivity index (χ1n) is 7.95. The molecule has 4 fully saturated rings. The molecule has 0 radical (unpaired) electrons. The monoisotopic (exact) mass is 272 g/mol. The summed E-state index contributed by atoms with van der Waals surface area (Å²) in [6.45, 7) is 2.09. The van der Waals surface area contributed by atoms with E-state index >= 15 is 0 Å². The number of amidine groups is 1. The maximum atomic E-state index is 5.40. The molecule has 4 nitrogen and oxygen atoms in total. The van der Waals surface area contributed by atoms with Gasteiger partial charge in [0.25, 0.3) is 0 Å². The van der Waals surface area contributed by atoms with Crippen molar-refractivity contribution >= 4 is 11.5 Å². The lowest BCUT2D eigenvalue weighted by molar-refractivity contribution is -0.0240. The minimum Gasteiger partial charge on any atom is -0.322 e. The van der Waals surface area contributed by atoms with Crippen molar-refractivity contribution in [3.63, 3.8) is 0 Å². The summed E-state index contributed by atoms with van der Waals surface area (Å²) in [6, 6.07) is 0. The van der Waals surface area contributed by atoms with E-state index in [0.29, 0.717) is 5.41 Å². The molecular weight excluding hydrogens is 248 g/mol. The van der Waals surface area contributed by atoms with E-state index < -0.39 is 0 Å². The van der Waals surface area contributed by atoms with Crippen molar-refractivity contribution in [3.05, 3.63) is 11.6 Å². The molecule has 0 aromatic carbocycles. The predicted octanol–water partition coefficient (Wildman–Crippen LogP) is 2.77. The summed E-state index contributed by atoms with van der Waals surface area (Å²) < 4.78 is 0. The number of hydrogen-bond acceptors (Lipinski definition) is 3. The Hall–Kier alpha value is -1.32. The van der Waals surface area contributed by atoms with Gasteiger partial charge in [-0.15, -0.1) is 0 Å². The lowest BCUT2D eigenvalue weighted by atomic mass is 9.49. The molecule has 1 heterocycles. The molecule has 20 heavy (non-hydrogen) atoms. The highest BCUT2D eigenvalue weighted by Gasteiger charge is 2.49. The second-order valence-electron chi connectivity index (χ2n) is 7.51. The largest absolute Gasteiger partial charge is 0.322 e. The minimum atomic E-state index is 0.456.